The fourth-order valence-electron chi connectivity index (χ4n) is 3.54. The molecule has 3 heterocycles. The van der Waals surface area contributed by atoms with Crippen LogP contribution in [-0.2, 0) is 10.4 Å². The Labute approximate surface area is 156 Å². The lowest BCUT2D eigenvalue weighted by atomic mass is 9.83. The van der Waals surface area contributed by atoms with E-state index in [-0.39, 0.29) is 11.8 Å². The molecule has 0 bridgehead atoms. The third-order valence-corrected chi connectivity index (χ3v) is 5.27. The number of nitrogens with zero attached hydrogens (tertiary/aromatic N) is 4. The van der Waals surface area contributed by atoms with Gasteiger partial charge in [0.05, 0.1) is 6.07 Å². The minimum atomic E-state index is -1.11. The van der Waals surface area contributed by atoms with Crippen molar-refractivity contribution in [1.29, 1.82) is 5.26 Å². The first-order valence-corrected chi connectivity index (χ1v) is 8.99. The molecule has 8 nitrogen and oxygen atoms in total. The molecule has 0 radical (unpaired) electrons. The van der Waals surface area contributed by atoms with E-state index in [1.165, 1.54) is 0 Å². The second-order valence-electron chi connectivity index (χ2n) is 7.72. The van der Waals surface area contributed by atoms with Gasteiger partial charge < -0.3 is 19.8 Å². The zero-order valence-electron chi connectivity index (χ0n) is 15.3. The molecule has 0 unspecified atom stereocenters. The number of hydrogen-bond donors (Lipinski definition) is 2. The number of rotatable bonds is 5. The van der Waals surface area contributed by atoms with Gasteiger partial charge in [0, 0.05) is 30.6 Å². The maximum atomic E-state index is 12.9. The normalized spacial score (nSPS) is 22.7. The molecule has 0 spiro atoms. The van der Waals surface area contributed by atoms with Crippen LogP contribution in [0.4, 0.5) is 17.4 Å². The van der Waals surface area contributed by atoms with Crippen LogP contribution in [0.3, 0.4) is 0 Å². The number of aromatic nitrogens is 2. The van der Waals surface area contributed by atoms with Crippen molar-refractivity contribution in [2.75, 3.05) is 16.8 Å². The van der Waals surface area contributed by atoms with Gasteiger partial charge in [-0.1, -0.05) is 5.16 Å². The van der Waals surface area contributed by atoms with Crippen molar-refractivity contribution >= 4 is 23.3 Å². The van der Waals surface area contributed by atoms with Gasteiger partial charge in [-0.15, -0.1) is 0 Å². The third-order valence-electron chi connectivity index (χ3n) is 5.27. The number of aliphatic hydroxyl groups is 1. The molecule has 1 saturated carbocycles. The van der Waals surface area contributed by atoms with E-state index >= 15 is 0 Å². The van der Waals surface area contributed by atoms with Crippen molar-refractivity contribution in [2.24, 2.45) is 11.3 Å². The summed E-state index contributed by atoms with van der Waals surface area (Å²) in [6.45, 7) is 3.76. The van der Waals surface area contributed by atoms with Crippen molar-refractivity contribution in [1.82, 2.24) is 10.1 Å². The molecule has 0 aromatic carbocycles. The van der Waals surface area contributed by atoms with Gasteiger partial charge in [-0.05, 0) is 45.1 Å². The summed E-state index contributed by atoms with van der Waals surface area (Å²) < 4.78 is 5.19. The van der Waals surface area contributed by atoms with Crippen LogP contribution in [0.25, 0.3) is 0 Å². The molecule has 8 heteroatoms. The fraction of sp³-hybridized carbons (Fsp3) is 0.474. The Kier molecular flexibility index (Phi) is 3.93. The molecule has 27 heavy (non-hydrogen) atoms. The van der Waals surface area contributed by atoms with E-state index in [4.69, 9.17) is 4.52 Å². The lowest BCUT2D eigenvalue weighted by Crippen LogP contribution is -2.35. The van der Waals surface area contributed by atoms with E-state index < -0.39 is 11.0 Å². The number of amides is 1. The average molecular weight is 367 g/mol. The maximum absolute atomic E-state index is 12.9. The van der Waals surface area contributed by atoms with E-state index in [9.17, 15) is 15.2 Å². The van der Waals surface area contributed by atoms with Gasteiger partial charge in [-0.2, -0.15) is 5.26 Å². The number of nitriles is 1. The quantitative estimate of drug-likeness (QED) is 0.834. The van der Waals surface area contributed by atoms with Crippen LogP contribution >= 0.6 is 0 Å². The summed E-state index contributed by atoms with van der Waals surface area (Å²) in [7, 11) is 0. The number of carbonyl (C=O) groups is 1. The van der Waals surface area contributed by atoms with Gasteiger partial charge in [0.25, 0.3) is 0 Å². The van der Waals surface area contributed by atoms with Crippen LogP contribution in [-0.4, -0.2) is 27.7 Å². The monoisotopic (exact) mass is 367 g/mol. The van der Waals surface area contributed by atoms with Crippen molar-refractivity contribution < 1.29 is 14.4 Å². The Hall–Kier alpha value is -2.92. The van der Waals surface area contributed by atoms with Crippen LogP contribution in [0.1, 0.15) is 38.8 Å². The van der Waals surface area contributed by atoms with E-state index in [1.54, 1.807) is 43.1 Å². The molecule has 1 amide bonds. The van der Waals surface area contributed by atoms with Crippen LogP contribution in [0, 0.1) is 22.7 Å². The van der Waals surface area contributed by atoms with Gasteiger partial charge in [-0.25, -0.2) is 4.98 Å². The van der Waals surface area contributed by atoms with Gasteiger partial charge >= 0.3 is 0 Å². The minimum absolute atomic E-state index is 0.117. The van der Waals surface area contributed by atoms with E-state index in [0.717, 1.165) is 12.8 Å². The lowest BCUT2D eigenvalue weighted by molar-refractivity contribution is -0.123. The summed E-state index contributed by atoms with van der Waals surface area (Å²) in [5.74, 6) is 0.899. The Morgan fingerprint density at radius 3 is 2.85 bits per heavy atom. The van der Waals surface area contributed by atoms with Gasteiger partial charge in [-0.3, -0.25) is 4.79 Å². The summed E-state index contributed by atoms with van der Waals surface area (Å²) in [6.07, 6.45) is 4.06. The predicted molar refractivity (Wildman–Crippen MR) is 97.0 cm³/mol. The molecule has 140 valence electrons. The number of hydrogen-bond acceptors (Lipinski definition) is 7. The Balaban J connectivity index is 1.54. The fourth-order valence-corrected chi connectivity index (χ4v) is 3.54. The van der Waals surface area contributed by atoms with Crippen molar-refractivity contribution in [2.45, 2.75) is 38.7 Å². The molecular formula is C19H21N5O3. The van der Waals surface area contributed by atoms with Crippen LogP contribution in [0.2, 0.25) is 0 Å². The average Bonchev–Trinajstić information content (AvgIpc) is 3.27. The highest BCUT2D eigenvalue weighted by molar-refractivity contribution is 6.02. The molecule has 2 fully saturated rings. The van der Waals surface area contributed by atoms with E-state index in [2.05, 4.69) is 21.5 Å². The second-order valence-corrected chi connectivity index (χ2v) is 7.72. The first-order valence-electron chi connectivity index (χ1n) is 8.99. The Morgan fingerprint density at radius 1 is 1.44 bits per heavy atom. The molecule has 2 aliphatic rings. The summed E-state index contributed by atoms with van der Waals surface area (Å²) in [4.78, 5) is 18.8. The standard InChI is InChI=1S/C19H21N5O3/c1-18(2,26)14-10-16(27-23-14)22-15-9-13(5-7-21-15)24-8-6-19(11-20,17(24)25)12-3-4-12/h5,7,9-10,12,26H,3-4,6,8H2,1-2H3,(H,21,22)/t19-/m1/s1. The summed E-state index contributed by atoms with van der Waals surface area (Å²) in [5.41, 5.74) is -0.885. The highest BCUT2D eigenvalue weighted by Crippen LogP contribution is 2.51. The Morgan fingerprint density at radius 2 is 2.22 bits per heavy atom. The van der Waals surface area contributed by atoms with Crippen LogP contribution in [0.15, 0.2) is 28.9 Å². The molecular weight excluding hydrogens is 346 g/mol. The summed E-state index contributed by atoms with van der Waals surface area (Å²) >= 11 is 0. The molecule has 1 aliphatic heterocycles. The number of pyridine rings is 1. The zero-order chi connectivity index (χ0) is 19.2. The minimum Gasteiger partial charge on any atom is -0.384 e. The Bertz CT molecular complexity index is 922. The first-order chi connectivity index (χ1) is 12.8. The molecule has 1 atom stereocenters. The van der Waals surface area contributed by atoms with Crippen LogP contribution < -0.4 is 10.2 Å². The molecule has 2 aromatic heterocycles. The number of nitrogens with one attached hydrogen (secondary N) is 1. The first kappa shape index (κ1) is 17.5. The van der Waals surface area contributed by atoms with Crippen molar-refractivity contribution in [3.05, 3.63) is 30.1 Å². The van der Waals surface area contributed by atoms with Gasteiger partial charge in [0.1, 0.15) is 22.5 Å². The molecule has 4 rings (SSSR count). The van der Waals surface area contributed by atoms with Crippen LogP contribution in [0.5, 0.6) is 0 Å². The van der Waals surface area contributed by atoms with E-state index in [1.807, 2.05) is 0 Å². The second kappa shape index (κ2) is 6.06. The van der Waals surface area contributed by atoms with Gasteiger partial charge in [0.15, 0.2) is 0 Å². The highest BCUT2D eigenvalue weighted by Gasteiger charge is 2.56. The summed E-state index contributed by atoms with van der Waals surface area (Å²) in [6, 6.07) is 7.39. The topological polar surface area (TPSA) is 115 Å². The summed E-state index contributed by atoms with van der Waals surface area (Å²) in [5, 5.41) is 26.4. The lowest BCUT2D eigenvalue weighted by Gasteiger charge is -2.21. The predicted octanol–water partition coefficient (Wildman–Crippen LogP) is 2.70. The molecule has 1 saturated heterocycles. The third kappa shape index (κ3) is 3.04. The SMILES string of the molecule is CC(C)(O)c1cc(Nc2cc(N3CC[C@@](C#N)(C4CC4)C3=O)ccn2)on1. The number of carbonyl (C=O) groups excluding carboxylic acids is 1. The molecule has 2 aromatic rings. The van der Waals surface area contributed by atoms with Crippen molar-refractivity contribution in [3.63, 3.8) is 0 Å². The zero-order valence-corrected chi connectivity index (χ0v) is 15.3. The van der Waals surface area contributed by atoms with Crippen molar-refractivity contribution in [3.8, 4) is 6.07 Å². The number of anilines is 3. The smallest absolute Gasteiger partial charge is 0.247 e. The maximum Gasteiger partial charge on any atom is 0.247 e. The molecule has 1 aliphatic carbocycles. The largest absolute Gasteiger partial charge is 0.384 e. The van der Waals surface area contributed by atoms with E-state index in [0.29, 0.717) is 36.0 Å². The molecule has 2 N–H and O–H groups in total. The highest BCUT2D eigenvalue weighted by atomic mass is 16.5. The van der Waals surface area contributed by atoms with Gasteiger partial charge in [0.2, 0.25) is 11.8 Å².